The van der Waals surface area contributed by atoms with E-state index in [1.165, 1.54) is 6.92 Å². The lowest BCUT2D eigenvalue weighted by Crippen LogP contribution is -2.46. The van der Waals surface area contributed by atoms with Gasteiger partial charge in [-0.2, -0.15) is 0 Å². The molecule has 6 heteroatoms. The minimum Gasteiger partial charge on any atom is -0.466 e. The highest BCUT2D eigenvalue weighted by atomic mass is 32.1. The van der Waals surface area contributed by atoms with Gasteiger partial charge < -0.3 is 15.0 Å². The van der Waals surface area contributed by atoms with Crippen LogP contribution in [0.3, 0.4) is 0 Å². The third-order valence-electron chi connectivity index (χ3n) is 2.69. The molecule has 0 unspecified atom stereocenters. The molecule has 0 aromatic heterocycles. The summed E-state index contributed by atoms with van der Waals surface area (Å²) in [6.45, 7) is 5.02. The van der Waals surface area contributed by atoms with Crippen LogP contribution in [0.15, 0.2) is 0 Å². The normalized spacial score (nSPS) is 16.5. The number of thiocarbonyl (C=S) groups is 1. The van der Waals surface area contributed by atoms with Gasteiger partial charge in [0.25, 0.3) is 0 Å². The quantitative estimate of drug-likeness (QED) is 0.583. The first kappa shape index (κ1) is 13.9. The van der Waals surface area contributed by atoms with Gasteiger partial charge in [-0.25, -0.2) is 0 Å². The van der Waals surface area contributed by atoms with Crippen molar-refractivity contribution in [3.63, 3.8) is 0 Å². The molecule has 1 aliphatic rings. The van der Waals surface area contributed by atoms with Gasteiger partial charge in [0.2, 0.25) is 5.91 Å². The van der Waals surface area contributed by atoms with Crippen LogP contribution in [0.5, 0.6) is 0 Å². The van der Waals surface area contributed by atoms with Crippen molar-refractivity contribution in [2.45, 2.75) is 26.7 Å². The van der Waals surface area contributed by atoms with Gasteiger partial charge >= 0.3 is 5.97 Å². The van der Waals surface area contributed by atoms with Crippen molar-refractivity contribution in [1.29, 1.82) is 0 Å². The van der Waals surface area contributed by atoms with Crippen molar-refractivity contribution in [3.8, 4) is 0 Å². The van der Waals surface area contributed by atoms with Crippen LogP contribution in [0.25, 0.3) is 0 Å². The van der Waals surface area contributed by atoms with Crippen molar-refractivity contribution in [2.75, 3.05) is 19.7 Å². The van der Waals surface area contributed by atoms with E-state index in [0.717, 1.165) is 12.8 Å². The molecule has 17 heavy (non-hydrogen) atoms. The standard InChI is InChI=1S/C11H18N2O3S/c1-3-16-10(15)9-4-6-13(7-5-9)11(17)12-8(2)14/h9H,3-7H2,1-2H3,(H,12,14,17). The van der Waals surface area contributed by atoms with E-state index >= 15 is 0 Å². The van der Waals surface area contributed by atoms with E-state index in [-0.39, 0.29) is 17.8 Å². The van der Waals surface area contributed by atoms with Crippen molar-refractivity contribution in [3.05, 3.63) is 0 Å². The van der Waals surface area contributed by atoms with Crippen LogP contribution in [-0.2, 0) is 14.3 Å². The predicted molar refractivity (Wildman–Crippen MR) is 67.3 cm³/mol. The van der Waals surface area contributed by atoms with Crippen LogP contribution in [0.1, 0.15) is 26.7 Å². The molecule has 0 atom stereocenters. The molecule has 0 aromatic carbocycles. The fourth-order valence-corrected chi connectivity index (χ4v) is 2.13. The lowest BCUT2D eigenvalue weighted by Gasteiger charge is -2.32. The zero-order valence-electron chi connectivity index (χ0n) is 10.2. The Bertz CT molecular complexity index is 312. The molecule has 1 heterocycles. The molecule has 0 aliphatic carbocycles. The number of nitrogens with one attached hydrogen (secondary N) is 1. The van der Waals surface area contributed by atoms with Gasteiger partial charge in [-0.05, 0) is 32.0 Å². The summed E-state index contributed by atoms with van der Waals surface area (Å²) in [5.74, 6) is -0.327. The fourth-order valence-electron chi connectivity index (χ4n) is 1.81. The van der Waals surface area contributed by atoms with E-state index in [0.29, 0.717) is 24.8 Å². The molecule has 1 saturated heterocycles. The predicted octanol–water partition coefficient (Wildman–Crippen LogP) is 0.682. The summed E-state index contributed by atoms with van der Waals surface area (Å²) in [6, 6.07) is 0. The third kappa shape index (κ3) is 4.30. The molecule has 0 aromatic rings. The van der Waals surface area contributed by atoms with Crippen LogP contribution in [0, 0.1) is 5.92 Å². The van der Waals surface area contributed by atoms with Crippen molar-refractivity contribution >= 4 is 29.2 Å². The smallest absolute Gasteiger partial charge is 0.309 e. The molecular formula is C11H18N2O3S. The highest BCUT2D eigenvalue weighted by molar-refractivity contribution is 7.80. The maximum atomic E-state index is 11.5. The fraction of sp³-hybridized carbons (Fsp3) is 0.727. The largest absolute Gasteiger partial charge is 0.466 e. The van der Waals surface area contributed by atoms with Gasteiger partial charge in [-0.1, -0.05) is 0 Å². The maximum absolute atomic E-state index is 11.5. The summed E-state index contributed by atoms with van der Waals surface area (Å²) in [5.41, 5.74) is 0. The van der Waals surface area contributed by atoms with E-state index in [2.05, 4.69) is 5.32 Å². The second-order valence-electron chi connectivity index (χ2n) is 4.00. The molecule has 1 fully saturated rings. The molecule has 0 radical (unpaired) electrons. The number of carbonyl (C=O) groups excluding carboxylic acids is 2. The monoisotopic (exact) mass is 258 g/mol. The van der Waals surface area contributed by atoms with E-state index in [1.54, 1.807) is 6.92 Å². The average molecular weight is 258 g/mol. The maximum Gasteiger partial charge on any atom is 0.309 e. The Labute approximate surface area is 106 Å². The third-order valence-corrected chi connectivity index (χ3v) is 3.05. The Balaban J connectivity index is 2.37. The zero-order valence-corrected chi connectivity index (χ0v) is 11.0. The SMILES string of the molecule is CCOC(=O)C1CCN(C(=S)NC(C)=O)CC1. The summed E-state index contributed by atoms with van der Waals surface area (Å²) in [4.78, 5) is 24.3. The number of rotatable bonds is 2. The van der Waals surface area contributed by atoms with E-state index in [1.807, 2.05) is 4.90 Å². The van der Waals surface area contributed by atoms with Crippen LogP contribution in [0.4, 0.5) is 0 Å². The van der Waals surface area contributed by atoms with Gasteiger partial charge in [0.15, 0.2) is 5.11 Å². The highest BCUT2D eigenvalue weighted by Gasteiger charge is 2.27. The van der Waals surface area contributed by atoms with Gasteiger partial charge in [0, 0.05) is 20.0 Å². The Morgan fingerprint density at radius 1 is 1.41 bits per heavy atom. The number of hydrogen-bond donors (Lipinski definition) is 1. The number of carbonyl (C=O) groups is 2. The highest BCUT2D eigenvalue weighted by Crippen LogP contribution is 2.18. The number of nitrogens with zero attached hydrogens (tertiary/aromatic N) is 1. The molecule has 0 saturated carbocycles. The lowest BCUT2D eigenvalue weighted by molar-refractivity contribution is -0.149. The summed E-state index contributed by atoms with van der Waals surface area (Å²) < 4.78 is 4.98. The second-order valence-corrected chi connectivity index (χ2v) is 4.39. The topological polar surface area (TPSA) is 58.6 Å². The Kier molecular flexibility index (Phi) is 5.34. The Morgan fingerprint density at radius 2 is 2.00 bits per heavy atom. The summed E-state index contributed by atoms with van der Waals surface area (Å²) in [7, 11) is 0. The van der Waals surface area contributed by atoms with Crippen LogP contribution in [0.2, 0.25) is 0 Å². The first-order valence-corrected chi connectivity index (χ1v) is 6.18. The van der Waals surface area contributed by atoms with E-state index in [9.17, 15) is 9.59 Å². The number of piperidine rings is 1. The van der Waals surface area contributed by atoms with Gasteiger partial charge in [-0.15, -0.1) is 0 Å². The van der Waals surface area contributed by atoms with Crippen molar-refractivity contribution in [2.24, 2.45) is 5.92 Å². The van der Waals surface area contributed by atoms with Crippen LogP contribution < -0.4 is 5.32 Å². The first-order chi connectivity index (χ1) is 8.04. The summed E-state index contributed by atoms with van der Waals surface area (Å²) in [5, 5.41) is 3.03. The number of likely N-dealkylation sites (tertiary alicyclic amines) is 1. The molecule has 96 valence electrons. The molecule has 1 N–H and O–H groups in total. The minimum atomic E-state index is -0.164. The Hall–Kier alpha value is -1.17. The van der Waals surface area contributed by atoms with Gasteiger partial charge in [0.05, 0.1) is 12.5 Å². The summed E-state index contributed by atoms with van der Waals surface area (Å²) >= 11 is 5.08. The summed E-state index contributed by atoms with van der Waals surface area (Å²) in [6.07, 6.45) is 1.44. The Morgan fingerprint density at radius 3 is 2.47 bits per heavy atom. The number of amides is 1. The van der Waals surface area contributed by atoms with Gasteiger partial charge in [-0.3, -0.25) is 9.59 Å². The van der Waals surface area contributed by atoms with Crippen LogP contribution in [-0.4, -0.2) is 41.6 Å². The molecule has 1 rings (SSSR count). The average Bonchev–Trinajstić information content (AvgIpc) is 2.28. The number of esters is 1. The van der Waals surface area contributed by atoms with Crippen molar-refractivity contribution < 1.29 is 14.3 Å². The molecule has 5 nitrogen and oxygen atoms in total. The van der Waals surface area contributed by atoms with Crippen LogP contribution >= 0.6 is 12.2 Å². The lowest BCUT2D eigenvalue weighted by atomic mass is 9.97. The zero-order chi connectivity index (χ0) is 12.8. The van der Waals surface area contributed by atoms with Crippen molar-refractivity contribution in [1.82, 2.24) is 10.2 Å². The molecule has 0 spiro atoms. The first-order valence-electron chi connectivity index (χ1n) is 5.77. The molecule has 1 amide bonds. The number of ether oxygens (including phenoxy) is 1. The number of hydrogen-bond acceptors (Lipinski definition) is 4. The molecular weight excluding hydrogens is 240 g/mol. The second kappa shape index (κ2) is 6.54. The molecule has 1 aliphatic heterocycles. The van der Waals surface area contributed by atoms with Gasteiger partial charge in [0.1, 0.15) is 0 Å². The minimum absolute atomic E-state index is 0.0358. The molecule has 0 bridgehead atoms. The van der Waals surface area contributed by atoms with E-state index in [4.69, 9.17) is 17.0 Å². The van der Waals surface area contributed by atoms with E-state index < -0.39 is 0 Å².